The number of fused-ring (bicyclic) bond motifs is 3. The van der Waals surface area contributed by atoms with E-state index in [1.165, 1.54) is 18.5 Å². The summed E-state index contributed by atoms with van der Waals surface area (Å²) in [6.07, 6.45) is 4.00. The third kappa shape index (κ3) is 2.18. The molecule has 5 nitrogen and oxygen atoms in total. The average Bonchev–Trinajstić information content (AvgIpc) is 2.92. The van der Waals surface area contributed by atoms with Crippen LogP contribution >= 0.6 is 0 Å². The van der Waals surface area contributed by atoms with Gasteiger partial charge in [0.1, 0.15) is 17.8 Å². The topological polar surface area (TPSA) is 61.9 Å². The van der Waals surface area contributed by atoms with Gasteiger partial charge in [0.05, 0.1) is 6.04 Å². The number of H-pyrrole nitrogens is 1. The molecule has 0 spiro atoms. The van der Waals surface area contributed by atoms with Gasteiger partial charge >= 0.3 is 0 Å². The van der Waals surface area contributed by atoms with Gasteiger partial charge < -0.3 is 9.88 Å². The Hall–Kier alpha value is -2.76. The van der Waals surface area contributed by atoms with E-state index in [0.29, 0.717) is 6.54 Å². The normalized spacial score (nSPS) is 17.3. The van der Waals surface area contributed by atoms with Crippen molar-refractivity contribution in [3.63, 3.8) is 0 Å². The first-order valence-corrected chi connectivity index (χ1v) is 7.48. The molecular formula is C17H15FN4O. The fourth-order valence-electron chi connectivity index (χ4n) is 3.38. The number of benzene rings is 1. The van der Waals surface area contributed by atoms with E-state index in [2.05, 4.69) is 15.0 Å². The van der Waals surface area contributed by atoms with Crippen molar-refractivity contribution in [2.75, 3.05) is 6.54 Å². The monoisotopic (exact) mass is 310 g/mol. The molecule has 1 amide bonds. The zero-order valence-electron chi connectivity index (χ0n) is 12.6. The second-order valence-corrected chi connectivity index (χ2v) is 5.72. The number of halogens is 1. The first-order valence-electron chi connectivity index (χ1n) is 7.48. The van der Waals surface area contributed by atoms with Gasteiger partial charge in [-0.1, -0.05) is 12.1 Å². The van der Waals surface area contributed by atoms with E-state index in [1.54, 1.807) is 24.1 Å². The van der Waals surface area contributed by atoms with Crippen molar-refractivity contribution in [3.8, 4) is 0 Å². The smallest absolute Gasteiger partial charge is 0.220 e. The predicted molar refractivity (Wildman–Crippen MR) is 83.2 cm³/mol. The maximum absolute atomic E-state index is 13.7. The molecule has 6 heteroatoms. The van der Waals surface area contributed by atoms with Crippen molar-refractivity contribution in [1.82, 2.24) is 19.9 Å². The van der Waals surface area contributed by atoms with Gasteiger partial charge in [0.2, 0.25) is 5.91 Å². The van der Waals surface area contributed by atoms with E-state index in [4.69, 9.17) is 0 Å². The van der Waals surface area contributed by atoms with Crippen molar-refractivity contribution in [3.05, 3.63) is 59.4 Å². The van der Waals surface area contributed by atoms with E-state index in [1.807, 2.05) is 6.07 Å². The lowest BCUT2D eigenvalue weighted by Crippen LogP contribution is -2.39. The largest absolute Gasteiger partial charge is 0.341 e. The summed E-state index contributed by atoms with van der Waals surface area (Å²) < 4.78 is 13.7. The molecule has 0 radical (unpaired) electrons. The number of carbonyl (C=O) groups excluding carboxylic acids is 1. The second-order valence-electron chi connectivity index (χ2n) is 5.72. The van der Waals surface area contributed by atoms with Crippen LogP contribution in [0.1, 0.15) is 29.8 Å². The molecule has 0 saturated heterocycles. The van der Waals surface area contributed by atoms with E-state index >= 15 is 0 Å². The zero-order chi connectivity index (χ0) is 16.0. The van der Waals surface area contributed by atoms with Crippen molar-refractivity contribution >= 4 is 16.9 Å². The quantitative estimate of drug-likeness (QED) is 0.751. The first-order chi connectivity index (χ1) is 11.1. The number of rotatable bonds is 1. The Balaban J connectivity index is 1.95. The summed E-state index contributed by atoms with van der Waals surface area (Å²) in [6, 6.07) is 6.06. The van der Waals surface area contributed by atoms with Crippen molar-refractivity contribution < 1.29 is 9.18 Å². The molecule has 1 aromatic carbocycles. The molecular weight excluding hydrogens is 295 g/mol. The third-order valence-electron chi connectivity index (χ3n) is 4.37. The van der Waals surface area contributed by atoms with E-state index < -0.39 is 0 Å². The number of hydrogen-bond acceptors (Lipinski definition) is 3. The molecule has 0 saturated carbocycles. The minimum absolute atomic E-state index is 0.0327. The summed E-state index contributed by atoms with van der Waals surface area (Å²) in [5.74, 6) is -0.344. The van der Waals surface area contributed by atoms with Crippen LogP contribution in [0.2, 0.25) is 0 Å². The van der Waals surface area contributed by atoms with E-state index in [0.717, 1.165) is 34.3 Å². The lowest BCUT2D eigenvalue weighted by molar-refractivity contribution is -0.130. The van der Waals surface area contributed by atoms with Crippen molar-refractivity contribution in [1.29, 1.82) is 0 Å². The van der Waals surface area contributed by atoms with E-state index in [-0.39, 0.29) is 17.8 Å². The summed E-state index contributed by atoms with van der Waals surface area (Å²) in [7, 11) is 0. The Labute approximate surface area is 132 Å². The summed E-state index contributed by atoms with van der Waals surface area (Å²) in [5.41, 5.74) is 3.50. The van der Waals surface area contributed by atoms with Crippen LogP contribution in [0.5, 0.6) is 0 Å². The minimum Gasteiger partial charge on any atom is -0.341 e. The van der Waals surface area contributed by atoms with Crippen LogP contribution < -0.4 is 0 Å². The molecule has 0 bridgehead atoms. The van der Waals surface area contributed by atoms with Gasteiger partial charge in [-0.15, -0.1) is 0 Å². The SMILES string of the molecule is CC(=O)N1CCc2c([nH]c3ncncc23)C1c1cccc(F)c1. The van der Waals surface area contributed by atoms with Gasteiger partial charge in [-0.05, 0) is 29.7 Å². The molecule has 0 fully saturated rings. The molecule has 1 unspecified atom stereocenters. The molecule has 1 atom stereocenters. The Morgan fingerprint density at radius 3 is 3.09 bits per heavy atom. The molecule has 3 heterocycles. The third-order valence-corrected chi connectivity index (χ3v) is 4.37. The van der Waals surface area contributed by atoms with Crippen LogP contribution in [0.15, 0.2) is 36.8 Å². The molecule has 4 rings (SSSR count). The Morgan fingerprint density at radius 2 is 2.30 bits per heavy atom. The fraction of sp³-hybridized carbons (Fsp3) is 0.235. The average molecular weight is 310 g/mol. The Kier molecular flexibility index (Phi) is 3.11. The van der Waals surface area contributed by atoms with Crippen LogP contribution in [0.3, 0.4) is 0 Å². The molecule has 23 heavy (non-hydrogen) atoms. The lowest BCUT2D eigenvalue weighted by atomic mass is 9.92. The fourth-order valence-corrected chi connectivity index (χ4v) is 3.38. The van der Waals surface area contributed by atoms with Gasteiger partial charge in [0.25, 0.3) is 0 Å². The number of aromatic amines is 1. The number of hydrogen-bond donors (Lipinski definition) is 1. The van der Waals surface area contributed by atoms with Gasteiger partial charge in [0, 0.05) is 30.7 Å². The number of nitrogens with zero attached hydrogens (tertiary/aromatic N) is 3. The van der Waals surface area contributed by atoms with E-state index in [9.17, 15) is 9.18 Å². The Bertz CT molecular complexity index is 904. The molecule has 1 aliphatic rings. The Morgan fingerprint density at radius 1 is 1.43 bits per heavy atom. The highest BCUT2D eigenvalue weighted by molar-refractivity contribution is 5.83. The van der Waals surface area contributed by atoms with Crippen LogP contribution in [0.4, 0.5) is 4.39 Å². The summed E-state index contributed by atoms with van der Waals surface area (Å²) in [6.45, 7) is 2.13. The van der Waals surface area contributed by atoms with Gasteiger partial charge in [-0.2, -0.15) is 0 Å². The second kappa shape index (κ2) is 5.15. The highest BCUT2D eigenvalue weighted by Crippen LogP contribution is 2.37. The molecule has 0 aliphatic carbocycles. The molecule has 1 N–H and O–H groups in total. The molecule has 1 aliphatic heterocycles. The molecule has 116 valence electrons. The van der Waals surface area contributed by atoms with Crippen molar-refractivity contribution in [2.45, 2.75) is 19.4 Å². The maximum Gasteiger partial charge on any atom is 0.220 e. The summed E-state index contributed by atoms with van der Waals surface area (Å²) >= 11 is 0. The highest BCUT2D eigenvalue weighted by atomic mass is 19.1. The predicted octanol–water partition coefficient (Wildman–Crippen LogP) is 2.59. The maximum atomic E-state index is 13.7. The first kappa shape index (κ1) is 13.9. The number of aromatic nitrogens is 3. The standard InChI is InChI=1S/C17H15FN4O/c1-10(23)22-6-5-13-14-8-19-9-20-17(14)21-15(13)16(22)11-3-2-4-12(18)7-11/h2-4,7-9,16H,5-6H2,1H3,(H,19,20,21). The summed E-state index contributed by atoms with van der Waals surface area (Å²) in [4.78, 5) is 25.5. The number of carbonyl (C=O) groups is 1. The van der Waals surface area contributed by atoms with Crippen LogP contribution in [0, 0.1) is 5.82 Å². The molecule has 2 aromatic heterocycles. The van der Waals surface area contributed by atoms with Crippen LogP contribution in [-0.4, -0.2) is 32.3 Å². The zero-order valence-corrected chi connectivity index (χ0v) is 12.6. The highest BCUT2D eigenvalue weighted by Gasteiger charge is 2.33. The number of amides is 1. The van der Waals surface area contributed by atoms with Gasteiger partial charge in [0.15, 0.2) is 0 Å². The lowest BCUT2D eigenvalue weighted by Gasteiger charge is -2.35. The molecule has 3 aromatic rings. The number of nitrogens with one attached hydrogen (secondary N) is 1. The van der Waals surface area contributed by atoms with Gasteiger partial charge in [-0.25, -0.2) is 14.4 Å². The minimum atomic E-state index is -0.332. The van der Waals surface area contributed by atoms with Gasteiger partial charge in [-0.3, -0.25) is 4.79 Å². The van der Waals surface area contributed by atoms with Crippen LogP contribution in [-0.2, 0) is 11.2 Å². The van der Waals surface area contributed by atoms with Crippen LogP contribution in [0.25, 0.3) is 11.0 Å². The summed E-state index contributed by atoms with van der Waals surface area (Å²) in [5, 5.41) is 0.965. The van der Waals surface area contributed by atoms with Crippen molar-refractivity contribution in [2.24, 2.45) is 0 Å².